The zero-order valence-electron chi connectivity index (χ0n) is 11.7. The molecule has 0 radical (unpaired) electrons. The number of aromatic nitrogens is 5. The number of amides is 1. The SMILES string of the molecule is CC(C)(C)c1nc(C(=O)N2CCCn3nnnc32)cs1. The lowest BCUT2D eigenvalue weighted by Crippen LogP contribution is -2.38. The van der Waals surface area contributed by atoms with E-state index in [1.165, 1.54) is 11.3 Å². The number of tetrazole rings is 1. The minimum absolute atomic E-state index is 0.0489. The highest BCUT2D eigenvalue weighted by atomic mass is 32.1. The molecule has 2 aromatic heterocycles. The van der Waals surface area contributed by atoms with Crippen molar-refractivity contribution >= 4 is 23.2 Å². The predicted octanol–water partition coefficient (Wildman–Crippen LogP) is 1.48. The minimum atomic E-state index is -0.132. The first kappa shape index (κ1) is 13.2. The number of anilines is 1. The van der Waals surface area contributed by atoms with Crippen LogP contribution in [0, 0.1) is 0 Å². The van der Waals surface area contributed by atoms with Gasteiger partial charge < -0.3 is 0 Å². The van der Waals surface area contributed by atoms with E-state index in [1.54, 1.807) is 9.58 Å². The number of carbonyl (C=O) groups is 1. The number of hydrogen-bond donors (Lipinski definition) is 0. The van der Waals surface area contributed by atoms with Crippen molar-refractivity contribution in [3.63, 3.8) is 0 Å². The van der Waals surface area contributed by atoms with E-state index >= 15 is 0 Å². The topological polar surface area (TPSA) is 76.8 Å². The fourth-order valence-corrected chi connectivity index (χ4v) is 2.95. The molecule has 7 nitrogen and oxygen atoms in total. The molecule has 1 aliphatic heterocycles. The molecule has 0 unspecified atom stereocenters. The maximum Gasteiger partial charge on any atom is 0.280 e. The van der Waals surface area contributed by atoms with Crippen molar-refractivity contribution in [3.05, 3.63) is 16.1 Å². The maximum atomic E-state index is 12.6. The molecule has 106 valence electrons. The number of rotatable bonds is 1. The maximum absolute atomic E-state index is 12.6. The van der Waals surface area contributed by atoms with Crippen molar-refractivity contribution in [2.24, 2.45) is 0 Å². The van der Waals surface area contributed by atoms with Gasteiger partial charge in [-0.25, -0.2) is 9.67 Å². The Labute approximate surface area is 120 Å². The summed E-state index contributed by atoms with van der Waals surface area (Å²) >= 11 is 1.52. The summed E-state index contributed by atoms with van der Waals surface area (Å²) in [5.74, 6) is 0.374. The molecular weight excluding hydrogens is 276 g/mol. The fourth-order valence-electron chi connectivity index (χ4n) is 2.06. The molecule has 0 bridgehead atoms. The Morgan fingerprint density at radius 3 is 2.85 bits per heavy atom. The van der Waals surface area contributed by atoms with Gasteiger partial charge in [-0.15, -0.1) is 11.3 Å². The molecule has 0 spiro atoms. The average Bonchev–Trinajstić information content (AvgIpc) is 3.05. The van der Waals surface area contributed by atoms with Crippen LogP contribution in [0.4, 0.5) is 5.95 Å². The van der Waals surface area contributed by atoms with Crippen molar-refractivity contribution in [2.45, 2.75) is 39.2 Å². The molecule has 0 fully saturated rings. The molecular formula is C12H16N6OS. The molecule has 2 aromatic rings. The summed E-state index contributed by atoms with van der Waals surface area (Å²) in [5, 5.41) is 14.2. The van der Waals surface area contributed by atoms with Gasteiger partial charge >= 0.3 is 0 Å². The summed E-state index contributed by atoms with van der Waals surface area (Å²) in [5.41, 5.74) is 0.420. The second-order valence-electron chi connectivity index (χ2n) is 5.80. The van der Waals surface area contributed by atoms with Crippen LogP contribution in [-0.2, 0) is 12.0 Å². The Hall–Kier alpha value is -1.83. The number of nitrogens with zero attached hydrogens (tertiary/aromatic N) is 6. The van der Waals surface area contributed by atoms with Crippen molar-refractivity contribution in [1.29, 1.82) is 0 Å². The van der Waals surface area contributed by atoms with Crippen LogP contribution in [0.3, 0.4) is 0 Å². The monoisotopic (exact) mass is 292 g/mol. The normalized spacial score (nSPS) is 15.2. The van der Waals surface area contributed by atoms with Crippen molar-refractivity contribution in [3.8, 4) is 0 Å². The molecule has 0 aromatic carbocycles. The van der Waals surface area contributed by atoms with Crippen LogP contribution in [0.2, 0.25) is 0 Å². The Morgan fingerprint density at radius 2 is 2.15 bits per heavy atom. The first-order chi connectivity index (χ1) is 9.47. The summed E-state index contributed by atoms with van der Waals surface area (Å²) in [7, 11) is 0. The van der Waals surface area contributed by atoms with Crippen LogP contribution in [0.1, 0.15) is 42.7 Å². The van der Waals surface area contributed by atoms with Gasteiger partial charge in [0.1, 0.15) is 5.69 Å². The third-order valence-corrected chi connectivity index (χ3v) is 4.38. The molecule has 0 saturated carbocycles. The van der Waals surface area contributed by atoms with Gasteiger partial charge in [0.25, 0.3) is 11.9 Å². The van der Waals surface area contributed by atoms with Gasteiger partial charge in [-0.3, -0.25) is 9.69 Å². The van der Waals surface area contributed by atoms with Gasteiger partial charge in [-0.05, 0) is 16.8 Å². The summed E-state index contributed by atoms with van der Waals surface area (Å²) in [6.45, 7) is 7.63. The lowest BCUT2D eigenvalue weighted by atomic mass is 9.98. The summed E-state index contributed by atoms with van der Waals surface area (Å²) < 4.78 is 1.65. The second kappa shape index (κ2) is 4.62. The van der Waals surface area contributed by atoms with Crippen LogP contribution >= 0.6 is 11.3 Å². The lowest BCUT2D eigenvalue weighted by Gasteiger charge is -2.24. The van der Waals surface area contributed by atoms with E-state index in [4.69, 9.17) is 0 Å². The third-order valence-electron chi connectivity index (χ3n) is 3.12. The summed E-state index contributed by atoms with van der Waals surface area (Å²) in [6.07, 6.45) is 0.847. The van der Waals surface area contributed by atoms with Crippen molar-refractivity contribution in [2.75, 3.05) is 11.4 Å². The minimum Gasteiger partial charge on any atom is -0.274 e. The zero-order valence-corrected chi connectivity index (χ0v) is 12.5. The predicted molar refractivity (Wildman–Crippen MR) is 74.9 cm³/mol. The van der Waals surface area contributed by atoms with Gasteiger partial charge in [0.15, 0.2) is 0 Å². The van der Waals surface area contributed by atoms with E-state index in [0.717, 1.165) is 18.0 Å². The van der Waals surface area contributed by atoms with Gasteiger partial charge in [0.05, 0.1) is 5.01 Å². The van der Waals surface area contributed by atoms with Crippen molar-refractivity contribution in [1.82, 2.24) is 25.2 Å². The van der Waals surface area contributed by atoms with E-state index in [0.29, 0.717) is 18.2 Å². The highest BCUT2D eigenvalue weighted by molar-refractivity contribution is 7.10. The highest BCUT2D eigenvalue weighted by Crippen LogP contribution is 2.27. The first-order valence-corrected chi connectivity index (χ1v) is 7.39. The first-order valence-electron chi connectivity index (χ1n) is 6.51. The van der Waals surface area contributed by atoms with E-state index in [-0.39, 0.29) is 11.3 Å². The van der Waals surface area contributed by atoms with E-state index in [9.17, 15) is 4.79 Å². The fraction of sp³-hybridized carbons (Fsp3) is 0.583. The number of carbonyl (C=O) groups excluding carboxylic acids is 1. The van der Waals surface area contributed by atoms with E-state index in [2.05, 4.69) is 41.3 Å². The Balaban J connectivity index is 1.89. The molecule has 0 aliphatic carbocycles. The molecule has 0 saturated heterocycles. The molecule has 1 amide bonds. The van der Waals surface area contributed by atoms with Gasteiger partial charge in [-0.2, -0.15) is 0 Å². The summed E-state index contributed by atoms with van der Waals surface area (Å²) in [6, 6.07) is 0. The standard InChI is InChI=1S/C12H16N6OS/c1-12(2,3)10-13-8(7-20-10)9(19)17-5-4-6-18-11(17)14-15-16-18/h7H,4-6H2,1-3H3. The third kappa shape index (κ3) is 2.20. The van der Waals surface area contributed by atoms with Gasteiger partial charge in [0, 0.05) is 23.9 Å². The molecule has 3 rings (SSSR count). The molecule has 0 atom stereocenters. The van der Waals surface area contributed by atoms with Crippen LogP contribution < -0.4 is 4.90 Å². The number of hydrogen-bond acceptors (Lipinski definition) is 6. The Kier molecular flexibility index (Phi) is 3.04. The molecule has 20 heavy (non-hydrogen) atoms. The quantitative estimate of drug-likeness (QED) is 0.795. The number of thiazole rings is 1. The van der Waals surface area contributed by atoms with Crippen LogP contribution in [0.15, 0.2) is 5.38 Å². The molecule has 8 heteroatoms. The Morgan fingerprint density at radius 1 is 1.35 bits per heavy atom. The smallest absolute Gasteiger partial charge is 0.274 e. The van der Waals surface area contributed by atoms with Crippen molar-refractivity contribution < 1.29 is 4.79 Å². The van der Waals surface area contributed by atoms with Crippen LogP contribution in [0.5, 0.6) is 0 Å². The zero-order chi connectivity index (χ0) is 14.3. The number of fused-ring (bicyclic) bond motifs is 1. The largest absolute Gasteiger partial charge is 0.280 e. The van der Waals surface area contributed by atoms with E-state index in [1.807, 2.05) is 5.38 Å². The molecule has 3 heterocycles. The van der Waals surface area contributed by atoms with Crippen LogP contribution in [0.25, 0.3) is 0 Å². The van der Waals surface area contributed by atoms with E-state index < -0.39 is 0 Å². The average molecular weight is 292 g/mol. The van der Waals surface area contributed by atoms with Gasteiger partial charge in [0.2, 0.25) is 0 Å². The molecule has 1 aliphatic rings. The van der Waals surface area contributed by atoms with Crippen LogP contribution in [-0.4, -0.2) is 37.6 Å². The summed E-state index contributed by atoms with van der Waals surface area (Å²) in [4.78, 5) is 18.6. The number of aryl methyl sites for hydroxylation is 1. The highest BCUT2D eigenvalue weighted by Gasteiger charge is 2.29. The second-order valence-corrected chi connectivity index (χ2v) is 6.66. The molecule has 0 N–H and O–H groups in total. The Bertz CT molecular complexity index is 640. The van der Waals surface area contributed by atoms with Gasteiger partial charge in [-0.1, -0.05) is 25.9 Å². The lowest BCUT2D eigenvalue weighted by molar-refractivity contribution is 0.0976.